The fraction of sp³-hybridized carbons (Fsp3) is 0.269. The van der Waals surface area contributed by atoms with Gasteiger partial charge < -0.3 is 14.2 Å². The van der Waals surface area contributed by atoms with E-state index in [0.29, 0.717) is 28.1 Å². The van der Waals surface area contributed by atoms with Crippen LogP contribution >= 0.6 is 11.8 Å². The minimum absolute atomic E-state index is 0.0825. The zero-order valence-corrected chi connectivity index (χ0v) is 20.2. The van der Waals surface area contributed by atoms with E-state index in [1.807, 2.05) is 39.8 Å². The Morgan fingerprint density at radius 1 is 1.00 bits per heavy atom. The number of halogens is 1. The van der Waals surface area contributed by atoms with Gasteiger partial charge in [0.2, 0.25) is 5.82 Å². The van der Waals surface area contributed by atoms with Crippen LogP contribution in [-0.2, 0) is 5.75 Å². The number of benzene rings is 2. The number of thioether (sulfide) groups is 1. The lowest BCUT2D eigenvalue weighted by atomic mass is 10.1. The Morgan fingerprint density at radius 2 is 1.74 bits per heavy atom. The van der Waals surface area contributed by atoms with Crippen LogP contribution in [0.25, 0.3) is 17.3 Å². The predicted octanol–water partition coefficient (Wildman–Crippen LogP) is 4.74. The molecule has 0 unspecified atom stereocenters. The van der Waals surface area contributed by atoms with Gasteiger partial charge >= 0.3 is 0 Å². The van der Waals surface area contributed by atoms with Crippen LogP contribution in [0.4, 0.5) is 4.39 Å². The van der Waals surface area contributed by atoms with Gasteiger partial charge in [0.05, 0.1) is 12.0 Å². The van der Waals surface area contributed by atoms with Gasteiger partial charge in [0.1, 0.15) is 5.82 Å². The van der Waals surface area contributed by atoms with Crippen LogP contribution in [0, 0.1) is 5.82 Å². The first-order valence-electron chi connectivity index (χ1n) is 11.6. The summed E-state index contributed by atoms with van der Waals surface area (Å²) in [6.45, 7) is 6.54. The van der Waals surface area contributed by atoms with Gasteiger partial charge in [-0.3, -0.25) is 9.36 Å². The maximum Gasteiger partial charge on any atom is 0.253 e. The van der Waals surface area contributed by atoms with Crippen LogP contribution in [0.1, 0.15) is 22.8 Å². The molecule has 7 nitrogen and oxygen atoms in total. The Balaban J connectivity index is 1.30. The third-order valence-corrected chi connectivity index (χ3v) is 7.14. The highest BCUT2D eigenvalue weighted by atomic mass is 32.2. The Hall–Kier alpha value is -3.43. The van der Waals surface area contributed by atoms with Crippen LogP contribution in [0.2, 0.25) is 0 Å². The molecule has 35 heavy (non-hydrogen) atoms. The maximum absolute atomic E-state index is 13.5. The highest BCUT2D eigenvalue weighted by Gasteiger charge is 2.22. The fourth-order valence-corrected chi connectivity index (χ4v) is 5.00. The Morgan fingerprint density at radius 3 is 2.40 bits per heavy atom. The summed E-state index contributed by atoms with van der Waals surface area (Å²) in [5.41, 5.74) is 2.52. The molecule has 1 saturated heterocycles. The first kappa shape index (κ1) is 23.3. The molecule has 0 bridgehead atoms. The van der Waals surface area contributed by atoms with Crippen LogP contribution in [-0.4, -0.2) is 63.2 Å². The largest absolute Gasteiger partial charge is 0.461 e. The van der Waals surface area contributed by atoms with Crippen molar-refractivity contribution in [3.8, 4) is 17.3 Å². The van der Waals surface area contributed by atoms with E-state index in [2.05, 4.69) is 22.0 Å². The molecule has 180 valence electrons. The number of hydrogen-bond acceptors (Lipinski definition) is 6. The van der Waals surface area contributed by atoms with Crippen molar-refractivity contribution in [3.63, 3.8) is 0 Å². The molecule has 3 heterocycles. The van der Waals surface area contributed by atoms with Crippen LogP contribution in [0.3, 0.4) is 0 Å². The van der Waals surface area contributed by atoms with Crippen molar-refractivity contribution in [2.75, 3.05) is 32.7 Å². The summed E-state index contributed by atoms with van der Waals surface area (Å²) in [7, 11) is 0. The van der Waals surface area contributed by atoms with E-state index < -0.39 is 0 Å². The zero-order chi connectivity index (χ0) is 24.2. The lowest BCUT2D eigenvalue weighted by Gasteiger charge is -2.34. The third-order valence-electron chi connectivity index (χ3n) is 6.14. The van der Waals surface area contributed by atoms with Crippen molar-refractivity contribution in [2.45, 2.75) is 17.8 Å². The molecule has 1 aliphatic heterocycles. The van der Waals surface area contributed by atoms with Gasteiger partial charge in [-0.1, -0.05) is 30.8 Å². The average molecular weight is 492 g/mol. The Labute approximate surface area is 207 Å². The van der Waals surface area contributed by atoms with Gasteiger partial charge in [-0.2, -0.15) is 0 Å². The highest BCUT2D eigenvalue weighted by molar-refractivity contribution is 7.98. The second-order valence-corrected chi connectivity index (χ2v) is 9.25. The van der Waals surface area contributed by atoms with E-state index in [4.69, 9.17) is 4.42 Å². The summed E-state index contributed by atoms with van der Waals surface area (Å²) in [4.78, 5) is 17.2. The molecule has 5 rings (SSSR count). The maximum atomic E-state index is 13.5. The number of furan rings is 1. The number of hydrogen-bond donors (Lipinski definition) is 0. The summed E-state index contributed by atoms with van der Waals surface area (Å²) in [6.07, 6.45) is 1.58. The zero-order valence-electron chi connectivity index (χ0n) is 19.4. The molecule has 0 radical (unpaired) electrons. The van der Waals surface area contributed by atoms with E-state index >= 15 is 0 Å². The molecule has 9 heteroatoms. The second kappa shape index (κ2) is 10.5. The number of carbonyl (C=O) groups excluding carboxylic acids is 1. The van der Waals surface area contributed by atoms with Crippen molar-refractivity contribution in [1.29, 1.82) is 0 Å². The summed E-state index contributed by atoms with van der Waals surface area (Å²) in [5, 5.41) is 9.35. The number of piperazine rings is 1. The van der Waals surface area contributed by atoms with Gasteiger partial charge in [0, 0.05) is 37.5 Å². The second-order valence-electron chi connectivity index (χ2n) is 8.31. The molecule has 0 atom stereocenters. The molecule has 1 fully saturated rings. The molecule has 1 amide bonds. The van der Waals surface area contributed by atoms with Gasteiger partial charge in [-0.25, -0.2) is 4.39 Å². The normalized spacial score (nSPS) is 14.4. The SMILES string of the molecule is CCN1CCN(C(=O)c2ccc(CSc3nnc(-c4ccco4)n3-c3ccc(F)cc3)cc2)CC1. The monoisotopic (exact) mass is 491 g/mol. The molecule has 0 saturated carbocycles. The number of nitrogens with zero attached hydrogens (tertiary/aromatic N) is 5. The predicted molar refractivity (Wildman–Crippen MR) is 133 cm³/mol. The number of likely N-dealkylation sites (N-methyl/N-ethyl adjacent to an activating group) is 1. The third kappa shape index (κ3) is 5.16. The number of amides is 1. The molecule has 1 aliphatic rings. The lowest BCUT2D eigenvalue weighted by Crippen LogP contribution is -2.48. The van der Waals surface area contributed by atoms with E-state index in [0.717, 1.165) is 44.0 Å². The number of aromatic nitrogens is 3. The minimum atomic E-state index is -0.308. The molecular weight excluding hydrogens is 465 g/mol. The van der Waals surface area contributed by atoms with E-state index in [1.165, 1.54) is 23.9 Å². The van der Waals surface area contributed by atoms with Crippen molar-refractivity contribution < 1.29 is 13.6 Å². The van der Waals surface area contributed by atoms with Crippen molar-refractivity contribution in [3.05, 3.63) is 83.9 Å². The molecule has 0 spiro atoms. The van der Waals surface area contributed by atoms with Crippen LogP contribution in [0.15, 0.2) is 76.5 Å². The Kier molecular flexibility index (Phi) is 6.96. The highest BCUT2D eigenvalue weighted by Crippen LogP contribution is 2.30. The lowest BCUT2D eigenvalue weighted by molar-refractivity contribution is 0.0643. The van der Waals surface area contributed by atoms with Crippen molar-refractivity contribution in [2.24, 2.45) is 0 Å². The van der Waals surface area contributed by atoms with Crippen LogP contribution in [0.5, 0.6) is 0 Å². The minimum Gasteiger partial charge on any atom is -0.461 e. The van der Waals surface area contributed by atoms with E-state index in [9.17, 15) is 9.18 Å². The van der Waals surface area contributed by atoms with Gasteiger partial charge in [0.25, 0.3) is 5.91 Å². The molecule has 4 aromatic rings. The van der Waals surface area contributed by atoms with Gasteiger partial charge in [-0.05, 0) is 60.6 Å². The quantitative estimate of drug-likeness (QED) is 0.348. The smallest absolute Gasteiger partial charge is 0.253 e. The van der Waals surface area contributed by atoms with Gasteiger partial charge in [0.15, 0.2) is 10.9 Å². The summed E-state index contributed by atoms with van der Waals surface area (Å²) in [5.74, 6) is 1.54. The molecular formula is C26H26FN5O2S. The molecule has 0 N–H and O–H groups in total. The van der Waals surface area contributed by atoms with Crippen molar-refractivity contribution in [1.82, 2.24) is 24.6 Å². The summed E-state index contributed by atoms with van der Waals surface area (Å²) in [6, 6.07) is 17.6. The summed E-state index contributed by atoms with van der Waals surface area (Å²) >= 11 is 1.52. The van der Waals surface area contributed by atoms with Crippen LogP contribution < -0.4 is 0 Å². The summed E-state index contributed by atoms with van der Waals surface area (Å²) < 4.78 is 20.9. The molecule has 2 aromatic carbocycles. The van der Waals surface area contributed by atoms with Crippen molar-refractivity contribution >= 4 is 17.7 Å². The van der Waals surface area contributed by atoms with Gasteiger partial charge in [-0.15, -0.1) is 10.2 Å². The van der Waals surface area contributed by atoms with E-state index in [1.54, 1.807) is 24.5 Å². The standard InChI is InChI=1S/C26H26FN5O2S/c1-2-30-13-15-31(16-14-30)25(33)20-7-5-19(6-8-20)18-35-26-29-28-24(23-4-3-17-34-23)32(26)22-11-9-21(27)10-12-22/h3-12,17H,2,13-16,18H2,1H3. The first-order valence-corrected chi connectivity index (χ1v) is 12.6. The molecule has 0 aliphatic carbocycles. The number of rotatable bonds is 7. The number of carbonyl (C=O) groups is 1. The van der Waals surface area contributed by atoms with E-state index in [-0.39, 0.29) is 11.7 Å². The Bertz CT molecular complexity index is 1260. The molecule has 2 aromatic heterocycles. The average Bonchev–Trinajstić information content (AvgIpc) is 3.58. The topological polar surface area (TPSA) is 67.4 Å². The first-order chi connectivity index (χ1) is 17.1. The fourth-order valence-electron chi connectivity index (χ4n) is 4.09.